The van der Waals surface area contributed by atoms with Gasteiger partial charge in [0.15, 0.2) is 5.79 Å². The Kier molecular flexibility index (Phi) is 14.4. The zero-order valence-electron chi connectivity index (χ0n) is 38.0. The third-order valence-corrected chi connectivity index (χ3v) is 16.5. The number of carbonyl (C=O) groups is 1. The molecule has 334 valence electrons. The Hall–Kier alpha value is -3.94. The number of benzene rings is 2. The van der Waals surface area contributed by atoms with Gasteiger partial charge in [-0.2, -0.15) is 0 Å². The van der Waals surface area contributed by atoms with Crippen molar-refractivity contribution in [2.45, 2.75) is 129 Å². The molecule has 0 aromatic heterocycles. The van der Waals surface area contributed by atoms with Crippen molar-refractivity contribution >= 4 is 30.6 Å². The molecule has 2 aromatic rings. The molecule has 1 aliphatic carbocycles. The SMILES string of the molecule is CCO[Si](O[C@@H]1C(C)=C[C@H]2C(=O)O[C@H]3C[C@@H](C/C=C(\C)C[C@@H](C)/C=C/C=C4\CO[C@H]1[C@@]42O)O[C@@]1(C/C(=N/OC)[C@H](C)[C@@H](/C(C)=C/C(C)C)O1)C3)(c1ccccc1)c1ccccc1. The Labute approximate surface area is 369 Å². The molecule has 4 aliphatic heterocycles. The van der Waals surface area contributed by atoms with E-state index in [0.29, 0.717) is 37.4 Å². The lowest BCUT2D eigenvalue weighted by Gasteiger charge is -2.50. The van der Waals surface area contributed by atoms with Gasteiger partial charge in [-0.1, -0.05) is 136 Å². The lowest BCUT2D eigenvalue weighted by molar-refractivity contribution is -0.313. The number of hydrogen-bond acceptors (Lipinski definition) is 10. The number of oxime groups is 1. The average molecular weight is 866 g/mol. The molecule has 0 amide bonds. The maximum atomic E-state index is 15.0. The summed E-state index contributed by atoms with van der Waals surface area (Å²) in [6, 6.07) is 20.1. The van der Waals surface area contributed by atoms with Crippen LogP contribution >= 0.6 is 0 Å². The van der Waals surface area contributed by atoms with Gasteiger partial charge in [0, 0.05) is 31.8 Å². The molecule has 3 saturated heterocycles. The smallest absolute Gasteiger partial charge is 0.407 e. The van der Waals surface area contributed by atoms with Crippen LogP contribution in [0.15, 0.2) is 125 Å². The molecule has 1 spiro atoms. The molecule has 3 fully saturated rings. The van der Waals surface area contributed by atoms with Crippen LogP contribution in [0.3, 0.4) is 0 Å². The van der Waals surface area contributed by atoms with Gasteiger partial charge >= 0.3 is 14.5 Å². The molecule has 4 heterocycles. The second-order valence-electron chi connectivity index (χ2n) is 18.4. The second-order valence-corrected chi connectivity index (χ2v) is 21.3. The molecule has 5 aliphatic rings. The third kappa shape index (κ3) is 9.46. The highest BCUT2D eigenvalue weighted by atomic mass is 28.4. The maximum Gasteiger partial charge on any atom is 0.407 e. The Morgan fingerprint density at radius 1 is 1.03 bits per heavy atom. The summed E-state index contributed by atoms with van der Waals surface area (Å²) in [6.07, 6.45) is 12.0. The number of esters is 1. The second kappa shape index (κ2) is 19.4. The van der Waals surface area contributed by atoms with Gasteiger partial charge in [-0.3, -0.25) is 4.79 Å². The minimum atomic E-state index is -3.43. The van der Waals surface area contributed by atoms with Gasteiger partial charge < -0.3 is 37.7 Å². The number of allylic oxidation sites excluding steroid dienone is 5. The van der Waals surface area contributed by atoms with Gasteiger partial charge in [-0.05, 0) is 79.5 Å². The zero-order valence-corrected chi connectivity index (χ0v) is 39.0. The van der Waals surface area contributed by atoms with Crippen molar-refractivity contribution in [2.75, 3.05) is 20.3 Å². The molecular formula is C51H67NO9Si. The molecule has 10 nitrogen and oxygen atoms in total. The van der Waals surface area contributed by atoms with Gasteiger partial charge in [0.2, 0.25) is 0 Å². The van der Waals surface area contributed by atoms with E-state index in [9.17, 15) is 5.11 Å². The summed E-state index contributed by atoms with van der Waals surface area (Å²) in [5.74, 6) is -2.28. The van der Waals surface area contributed by atoms with E-state index in [2.05, 4.69) is 64.9 Å². The predicted molar refractivity (Wildman–Crippen MR) is 244 cm³/mol. The Morgan fingerprint density at radius 2 is 1.73 bits per heavy atom. The van der Waals surface area contributed by atoms with E-state index in [1.54, 1.807) is 7.11 Å². The normalized spacial score (nSPS) is 36.2. The van der Waals surface area contributed by atoms with Crippen molar-refractivity contribution in [3.05, 3.63) is 119 Å². The summed E-state index contributed by atoms with van der Waals surface area (Å²) in [7, 11) is -1.87. The fourth-order valence-corrected chi connectivity index (χ4v) is 13.6. The number of hydrogen-bond donors (Lipinski definition) is 1. The van der Waals surface area contributed by atoms with Crippen molar-refractivity contribution < 1.29 is 42.5 Å². The first-order valence-electron chi connectivity index (χ1n) is 22.5. The summed E-state index contributed by atoms with van der Waals surface area (Å²) in [5.41, 5.74) is 2.72. The molecular weight excluding hydrogens is 799 g/mol. The number of ether oxygens (including phenoxy) is 4. The summed E-state index contributed by atoms with van der Waals surface area (Å²) in [6.45, 7) is 17.3. The molecule has 7 rings (SSSR count). The van der Waals surface area contributed by atoms with Gasteiger partial charge in [-0.15, -0.1) is 0 Å². The highest BCUT2D eigenvalue weighted by molar-refractivity contribution is 6.92. The van der Waals surface area contributed by atoms with E-state index in [-0.39, 0.29) is 37.1 Å². The topological polar surface area (TPSA) is 114 Å². The Bertz CT molecular complexity index is 2040. The van der Waals surface area contributed by atoms with Crippen LogP contribution in [0.2, 0.25) is 0 Å². The van der Waals surface area contributed by atoms with E-state index in [4.69, 9.17) is 32.6 Å². The quantitative estimate of drug-likeness (QED) is 0.116. The van der Waals surface area contributed by atoms with E-state index in [1.165, 1.54) is 5.57 Å². The van der Waals surface area contributed by atoms with E-state index < -0.39 is 50.1 Å². The molecule has 1 N–H and O–H groups in total. The molecule has 10 atom stereocenters. The van der Waals surface area contributed by atoms with Gasteiger partial charge in [-0.25, -0.2) is 0 Å². The fourth-order valence-electron chi connectivity index (χ4n) is 10.3. The van der Waals surface area contributed by atoms with Crippen molar-refractivity contribution in [1.82, 2.24) is 0 Å². The largest absolute Gasteiger partial charge is 0.462 e. The van der Waals surface area contributed by atoms with Crippen LogP contribution < -0.4 is 10.4 Å². The van der Waals surface area contributed by atoms with Crippen LogP contribution in [0.4, 0.5) is 0 Å². The highest BCUT2D eigenvalue weighted by Crippen LogP contribution is 2.48. The molecule has 11 heteroatoms. The molecule has 0 unspecified atom stereocenters. The van der Waals surface area contributed by atoms with Crippen LogP contribution in [0.1, 0.15) is 87.5 Å². The Balaban J connectivity index is 1.30. The summed E-state index contributed by atoms with van der Waals surface area (Å²) in [5, 5.41) is 19.7. The lowest BCUT2D eigenvalue weighted by atomic mass is 9.71. The van der Waals surface area contributed by atoms with Crippen LogP contribution in [0.25, 0.3) is 0 Å². The van der Waals surface area contributed by atoms with E-state index in [0.717, 1.165) is 33.7 Å². The van der Waals surface area contributed by atoms with Crippen molar-refractivity contribution in [2.24, 2.45) is 28.8 Å². The molecule has 0 saturated carbocycles. The minimum Gasteiger partial charge on any atom is -0.462 e. The fraction of sp³-hybridized carbons (Fsp3) is 0.529. The minimum absolute atomic E-state index is 0.0552. The predicted octanol–water partition coefficient (Wildman–Crippen LogP) is 8.05. The molecule has 62 heavy (non-hydrogen) atoms. The number of rotatable bonds is 9. The maximum absolute atomic E-state index is 15.0. The average Bonchev–Trinajstić information content (AvgIpc) is 3.58. The van der Waals surface area contributed by atoms with Crippen molar-refractivity contribution in [3.8, 4) is 0 Å². The van der Waals surface area contributed by atoms with Crippen LogP contribution in [-0.2, 0) is 37.4 Å². The van der Waals surface area contributed by atoms with Gasteiger partial charge in [0.25, 0.3) is 0 Å². The van der Waals surface area contributed by atoms with Crippen molar-refractivity contribution in [3.63, 3.8) is 0 Å². The number of aliphatic hydroxyl groups is 1. The molecule has 2 bridgehead atoms. The summed E-state index contributed by atoms with van der Waals surface area (Å²) in [4.78, 5) is 20.4. The monoisotopic (exact) mass is 865 g/mol. The van der Waals surface area contributed by atoms with E-state index in [1.807, 2.05) is 92.7 Å². The first-order valence-corrected chi connectivity index (χ1v) is 24.4. The number of nitrogens with zero attached hydrogens (tertiary/aromatic N) is 1. The first kappa shape index (κ1) is 46.1. The third-order valence-electron chi connectivity index (χ3n) is 13.1. The van der Waals surface area contributed by atoms with Crippen molar-refractivity contribution in [1.29, 1.82) is 0 Å². The summed E-state index contributed by atoms with van der Waals surface area (Å²) < 4.78 is 41.5. The van der Waals surface area contributed by atoms with Crippen LogP contribution in [-0.4, -0.2) is 87.6 Å². The number of carbonyl (C=O) groups excluding carboxylic acids is 1. The molecule has 0 radical (unpaired) electrons. The Morgan fingerprint density at radius 3 is 2.37 bits per heavy atom. The highest BCUT2D eigenvalue weighted by Gasteiger charge is 2.62. The van der Waals surface area contributed by atoms with Gasteiger partial charge in [0.05, 0.1) is 30.6 Å². The van der Waals surface area contributed by atoms with E-state index >= 15 is 4.79 Å². The first-order chi connectivity index (χ1) is 29.7. The van der Waals surface area contributed by atoms with Gasteiger partial charge in [0.1, 0.15) is 30.8 Å². The van der Waals surface area contributed by atoms with Crippen LogP contribution in [0, 0.1) is 23.7 Å². The zero-order chi connectivity index (χ0) is 44.2. The van der Waals surface area contributed by atoms with Crippen LogP contribution in [0.5, 0.6) is 0 Å². The molecule has 2 aromatic carbocycles. The number of fused-ring (bicyclic) bond motifs is 2. The summed E-state index contributed by atoms with van der Waals surface area (Å²) >= 11 is 0. The standard InChI is InChI=1S/C51H67NO9Si/c1-10-57-62(42-20-13-11-14-21-42,43-22-15-12-16-23-43)61-47-37(7)28-44-49(53)58-41-29-40(25-24-35(5)27-34(4)18-17-19-39-32-56-48(47)51(39,44)54)59-50(30-41)31-45(52-55-9)38(8)46(60-50)36(6)26-33(2)3/h11-24,26,28,33-34,38,40-41,44,46-48,54H,10,25,27,29-32H2,1-9H3/b18-17+,35-24+,36-26+,39-19+,52-45-/t34-,38-,40+,41-,44-,46+,47+,48+,50-,51+/m0/s1. The lowest BCUT2D eigenvalue weighted by Crippen LogP contribution is -2.68.